The average Bonchev–Trinajstić information content (AvgIpc) is 2.44. The van der Waals surface area contributed by atoms with Crippen LogP contribution < -0.4 is 5.73 Å². The van der Waals surface area contributed by atoms with Crippen LogP contribution in [0.2, 0.25) is 0 Å². The van der Waals surface area contributed by atoms with Crippen LogP contribution in [0.25, 0.3) is 0 Å². The lowest BCUT2D eigenvalue weighted by atomic mass is 10.1. The molecule has 0 aliphatic rings. The van der Waals surface area contributed by atoms with E-state index in [0.29, 0.717) is 19.6 Å². The molecule has 1 amide bonds. The molecule has 0 atom stereocenters. The Labute approximate surface area is 116 Å². The van der Waals surface area contributed by atoms with Gasteiger partial charge in [0.1, 0.15) is 0 Å². The number of nitrogens with zero attached hydrogens (tertiary/aromatic N) is 1. The van der Waals surface area contributed by atoms with Crippen LogP contribution in [0, 0.1) is 0 Å². The summed E-state index contributed by atoms with van der Waals surface area (Å²) >= 11 is 0. The molecule has 2 N–H and O–H groups in total. The Bertz CT molecular complexity index is 412. The molecule has 1 rings (SSSR count). The molecule has 0 bridgehead atoms. The van der Waals surface area contributed by atoms with Crippen molar-refractivity contribution in [2.24, 2.45) is 5.73 Å². The van der Waals surface area contributed by atoms with Crippen molar-refractivity contribution < 1.29 is 4.79 Å². The number of carbonyl (C=O) groups is 1. The van der Waals surface area contributed by atoms with Crippen molar-refractivity contribution in [3.63, 3.8) is 0 Å². The van der Waals surface area contributed by atoms with Gasteiger partial charge >= 0.3 is 0 Å². The molecule has 0 fully saturated rings. The Morgan fingerprint density at radius 3 is 2.58 bits per heavy atom. The lowest BCUT2D eigenvalue weighted by Gasteiger charge is -2.23. The molecule has 104 valence electrons. The molecule has 0 aliphatic heterocycles. The molecule has 0 saturated carbocycles. The monoisotopic (exact) mass is 260 g/mol. The molecule has 3 heteroatoms. The predicted molar refractivity (Wildman–Crippen MR) is 79.6 cm³/mol. The Kier molecular flexibility index (Phi) is 6.90. The Morgan fingerprint density at radius 2 is 2.00 bits per heavy atom. The largest absolute Gasteiger partial charge is 0.335 e. The van der Waals surface area contributed by atoms with Gasteiger partial charge in [-0.1, -0.05) is 43.3 Å². The van der Waals surface area contributed by atoms with Crippen molar-refractivity contribution in [1.82, 2.24) is 4.90 Å². The molecule has 1 aromatic rings. The summed E-state index contributed by atoms with van der Waals surface area (Å²) in [6, 6.07) is 10.1. The number of nitrogens with two attached hydrogens (primary N) is 1. The van der Waals surface area contributed by atoms with Gasteiger partial charge in [0, 0.05) is 18.7 Å². The first-order valence-corrected chi connectivity index (χ1v) is 6.89. The van der Waals surface area contributed by atoms with E-state index in [0.717, 1.165) is 24.0 Å². The first kappa shape index (κ1) is 15.4. The molecule has 3 nitrogen and oxygen atoms in total. The number of hydrogen-bond donors (Lipinski definition) is 1. The fourth-order valence-electron chi connectivity index (χ4n) is 1.98. The van der Waals surface area contributed by atoms with E-state index >= 15 is 0 Å². The summed E-state index contributed by atoms with van der Waals surface area (Å²) in [6.45, 7) is 5.88. The molecule has 19 heavy (non-hydrogen) atoms. The van der Waals surface area contributed by atoms with Crippen LogP contribution in [0.5, 0.6) is 0 Å². The molecule has 0 radical (unpaired) electrons. The van der Waals surface area contributed by atoms with E-state index in [2.05, 4.69) is 0 Å². The molecule has 0 heterocycles. The highest BCUT2D eigenvalue weighted by atomic mass is 16.2. The first-order chi connectivity index (χ1) is 9.19. The van der Waals surface area contributed by atoms with E-state index in [9.17, 15) is 4.79 Å². The summed E-state index contributed by atoms with van der Waals surface area (Å²) < 4.78 is 0. The lowest BCUT2D eigenvalue weighted by molar-refractivity contribution is -0.127. The number of hydrogen-bond acceptors (Lipinski definition) is 2. The second-order valence-electron chi connectivity index (χ2n) is 4.65. The van der Waals surface area contributed by atoms with E-state index in [1.165, 1.54) is 0 Å². The minimum absolute atomic E-state index is 0.110. The highest BCUT2D eigenvalue weighted by Gasteiger charge is 2.14. The minimum atomic E-state index is 0.110. The second kappa shape index (κ2) is 8.48. The maximum Gasteiger partial charge on any atom is 0.249 e. The summed E-state index contributed by atoms with van der Waals surface area (Å²) in [7, 11) is 0. The zero-order valence-corrected chi connectivity index (χ0v) is 11.9. The second-order valence-corrected chi connectivity index (χ2v) is 4.65. The number of carbonyl (C=O) groups excluding carboxylic acids is 1. The van der Waals surface area contributed by atoms with Crippen molar-refractivity contribution in [2.45, 2.75) is 33.2 Å². The van der Waals surface area contributed by atoms with Gasteiger partial charge in [-0.05, 0) is 31.9 Å². The smallest absolute Gasteiger partial charge is 0.249 e. The van der Waals surface area contributed by atoms with Gasteiger partial charge in [0.05, 0.1) is 0 Å². The molecule has 0 spiro atoms. The number of allylic oxidation sites excluding steroid dienone is 1. The van der Waals surface area contributed by atoms with Crippen LogP contribution in [-0.2, 0) is 11.3 Å². The van der Waals surface area contributed by atoms with Crippen molar-refractivity contribution >= 4 is 5.91 Å². The number of rotatable bonds is 7. The fraction of sp³-hybridized carbons (Fsp3) is 0.438. The van der Waals surface area contributed by atoms with Gasteiger partial charge in [0.15, 0.2) is 0 Å². The Morgan fingerprint density at radius 1 is 1.32 bits per heavy atom. The van der Waals surface area contributed by atoms with Crippen LogP contribution in [0.1, 0.15) is 32.3 Å². The molecule has 0 aliphatic carbocycles. The molecule has 1 aromatic carbocycles. The lowest BCUT2D eigenvalue weighted by Crippen LogP contribution is -2.33. The van der Waals surface area contributed by atoms with Crippen molar-refractivity contribution in [3.05, 3.63) is 47.5 Å². The van der Waals surface area contributed by atoms with E-state index in [4.69, 9.17) is 5.73 Å². The SMILES string of the molecule is CC/C=C(/C)C(=O)N(CCCN)Cc1ccccc1. The third-order valence-corrected chi connectivity index (χ3v) is 2.98. The number of benzene rings is 1. The normalized spacial score (nSPS) is 11.4. The summed E-state index contributed by atoms with van der Waals surface area (Å²) in [4.78, 5) is 14.2. The van der Waals surface area contributed by atoms with E-state index in [-0.39, 0.29) is 5.91 Å². The molecule has 0 saturated heterocycles. The van der Waals surface area contributed by atoms with Crippen LogP contribution in [0.3, 0.4) is 0 Å². The minimum Gasteiger partial charge on any atom is -0.335 e. The van der Waals surface area contributed by atoms with Gasteiger partial charge < -0.3 is 10.6 Å². The van der Waals surface area contributed by atoms with Gasteiger partial charge in [-0.3, -0.25) is 4.79 Å². The number of amides is 1. The Hall–Kier alpha value is -1.61. The molecular formula is C16H24N2O. The average molecular weight is 260 g/mol. The zero-order chi connectivity index (χ0) is 14.1. The van der Waals surface area contributed by atoms with E-state index in [1.807, 2.05) is 55.2 Å². The van der Waals surface area contributed by atoms with Crippen LogP contribution in [-0.4, -0.2) is 23.9 Å². The summed E-state index contributed by atoms with van der Waals surface area (Å²) in [5, 5.41) is 0. The maximum atomic E-state index is 12.4. The summed E-state index contributed by atoms with van der Waals surface area (Å²) in [6.07, 6.45) is 3.69. The maximum absolute atomic E-state index is 12.4. The third-order valence-electron chi connectivity index (χ3n) is 2.98. The van der Waals surface area contributed by atoms with Crippen LogP contribution >= 0.6 is 0 Å². The van der Waals surface area contributed by atoms with Crippen molar-refractivity contribution in [1.29, 1.82) is 0 Å². The van der Waals surface area contributed by atoms with Gasteiger partial charge in [0.25, 0.3) is 0 Å². The highest BCUT2D eigenvalue weighted by molar-refractivity contribution is 5.92. The molecule has 0 unspecified atom stereocenters. The fourth-order valence-corrected chi connectivity index (χ4v) is 1.98. The topological polar surface area (TPSA) is 46.3 Å². The van der Waals surface area contributed by atoms with Gasteiger partial charge in [0.2, 0.25) is 5.91 Å². The van der Waals surface area contributed by atoms with E-state index in [1.54, 1.807) is 0 Å². The van der Waals surface area contributed by atoms with Gasteiger partial charge in [-0.25, -0.2) is 0 Å². The highest BCUT2D eigenvalue weighted by Crippen LogP contribution is 2.09. The third kappa shape index (κ3) is 5.26. The summed E-state index contributed by atoms with van der Waals surface area (Å²) in [5.74, 6) is 0.110. The quantitative estimate of drug-likeness (QED) is 0.766. The first-order valence-electron chi connectivity index (χ1n) is 6.89. The van der Waals surface area contributed by atoms with Crippen LogP contribution in [0.4, 0.5) is 0 Å². The molecular weight excluding hydrogens is 236 g/mol. The predicted octanol–water partition coefficient (Wildman–Crippen LogP) is 2.72. The zero-order valence-electron chi connectivity index (χ0n) is 11.9. The van der Waals surface area contributed by atoms with Crippen LogP contribution in [0.15, 0.2) is 42.0 Å². The van der Waals surface area contributed by atoms with Crippen molar-refractivity contribution in [3.8, 4) is 0 Å². The van der Waals surface area contributed by atoms with Gasteiger partial charge in [-0.15, -0.1) is 0 Å². The van der Waals surface area contributed by atoms with Gasteiger partial charge in [-0.2, -0.15) is 0 Å². The molecule has 0 aromatic heterocycles. The summed E-state index contributed by atoms with van der Waals surface area (Å²) in [5.41, 5.74) is 7.52. The standard InChI is InChI=1S/C16H24N2O/c1-3-8-14(2)16(19)18(12-7-11-17)13-15-9-5-4-6-10-15/h4-6,8-10H,3,7,11-13,17H2,1-2H3/b14-8-. The Balaban J connectivity index is 2.77. The van der Waals surface area contributed by atoms with E-state index < -0.39 is 0 Å². The van der Waals surface area contributed by atoms with Crippen molar-refractivity contribution in [2.75, 3.05) is 13.1 Å².